The molecule has 6 heterocycles. The van der Waals surface area contributed by atoms with Crippen LogP contribution in [-0.4, -0.2) is 95.3 Å². The summed E-state index contributed by atoms with van der Waals surface area (Å²) in [5, 5.41) is 26.1. The summed E-state index contributed by atoms with van der Waals surface area (Å²) < 4.78 is 31.5. The van der Waals surface area contributed by atoms with Gasteiger partial charge in [0.2, 0.25) is 0 Å². The molecule has 0 spiro atoms. The number of ether oxygens (including phenoxy) is 2. The number of hydrogen-bond acceptors (Lipinski definition) is 10. The number of nitrogens with two attached hydrogens (primary N) is 1. The van der Waals surface area contributed by atoms with Crippen molar-refractivity contribution in [3.05, 3.63) is 107 Å². The molecule has 7 unspecified atom stereocenters. The van der Waals surface area contributed by atoms with Crippen LogP contribution in [0.15, 0.2) is 66.7 Å². The second kappa shape index (κ2) is 17.5. The molecule has 1 amide bonds. The molecule has 2 saturated heterocycles. The first-order chi connectivity index (χ1) is 31.4. The molecule has 2 aliphatic carbocycles. The fourth-order valence-corrected chi connectivity index (χ4v) is 11.2. The maximum atomic E-state index is 17.5. The molecular weight excluding hydrogens is 826 g/mol. The molecule has 14 nitrogen and oxygen atoms in total. The minimum absolute atomic E-state index is 0.0472. The van der Waals surface area contributed by atoms with Gasteiger partial charge >= 0.3 is 6.09 Å². The number of fused-ring (bicyclic) bond motifs is 5. The van der Waals surface area contributed by atoms with E-state index in [0.29, 0.717) is 42.1 Å². The van der Waals surface area contributed by atoms with E-state index >= 15 is 4.39 Å². The lowest BCUT2D eigenvalue weighted by Gasteiger charge is -2.36. The Labute approximate surface area is 379 Å². The quantitative estimate of drug-likeness (QED) is 0.0726. The lowest BCUT2D eigenvalue weighted by molar-refractivity contribution is -0.0440. The van der Waals surface area contributed by atoms with Gasteiger partial charge in [0.1, 0.15) is 29.9 Å². The number of imidazole rings is 2. The van der Waals surface area contributed by atoms with Crippen molar-refractivity contribution in [3.8, 4) is 11.3 Å². The van der Waals surface area contributed by atoms with Crippen LogP contribution in [0.5, 0.6) is 0 Å². The average Bonchev–Trinajstić information content (AvgIpc) is 4.18. The number of nitrogens with zero attached hydrogens (tertiary/aromatic N) is 5. The van der Waals surface area contributed by atoms with Gasteiger partial charge in [-0.05, 0) is 98.1 Å². The maximum absolute atomic E-state index is 17.5. The summed E-state index contributed by atoms with van der Waals surface area (Å²) in [6, 6.07) is 13.3. The highest BCUT2D eigenvalue weighted by molar-refractivity contribution is 5.92. The number of aliphatic hydroxyl groups is 2. The molecule has 65 heavy (non-hydrogen) atoms. The molecule has 344 valence electrons. The van der Waals surface area contributed by atoms with E-state index in [1.54, 1.807) is 6.20 Å². The van der Waals surface area contributed by atoms with Gasteiger partial charge in [-0.15, -0.1) is 0 Å². The number of aromatic amines is 2. The smallest absolute Gasteiger partial charge is 0.407 e. The molecule has 0 bridgehead atoms. The number of methoxy groups -OCH3 is 1. The van der Waals surface area contributed by atoms with Gasteiger partial charge in [0.15, 0.2) is 12.0 Å². The number of hydrogen-bond donors (Lipinski definition) is 6. The molecule has 10 rings (SSSR count). The standard InChI is InChI=1S/C50H62FN9O5/c1-26(2)42(52)47(61)58-18-8-12-38(58)45-54-25-36(56-45)31-14-16-33-40(23-31)65-49(32-20-28-10-6-7-11-29(28)21-32)60-37-17-15-30(22-34(37)41(51)44(33)60)35-24-53-46(55-35)39-13-9-19-59(39)48(62)43(27(3)4)57-50(63)64-5/h6-7,10-11,15,17,22-27,32,38-39,42-43,47-49,61-62H,8-9,12-14,16,18-21,52H2,1-5H3,(H,53,55)(H,54,56)(H,57,63). The molecule has 0 radical (unpaired) electrons. The van der Waals surface area contributed by atoms with Crippen molar-refractivity contribution < 1.29 is 28.9 Å². The molecule has 3 aromatic heterocycles. The van der Waals surface area contributed by atoms with Crippen molar-refractivity contribution in [2.45, 2.75) is 122 Å². The van der Waals surface area contributed by atoms with Crippen molar-refractivity contribution >= 4 is 28.1 Å². The van der Waals surface area contributed by atoms with Crippen LogP contribution in [0.2, 0.25) is 0 Å². The monoisotopic (exact) mass is 887 g/mol. The largest absolute Gasteiger partial charge is 0.469 e. The Kier molecular flexibility index (Phi) is 11.7. The van der Waals surface area contributed by atoms with Crippen molar-refractivity contribution in [1.29, 1.82) is 0 Å². The van der Waals surface area contributed by atoms with Crippen LogP contribution in [0.3, 0.4) is 0 Å². The highest BCUT2D eigenvalue weighted by Gasteiger charge is 2.42. The molecule has 5 aliphatic rings. The number of aliphatic hydroxyl groups excluding tert-OH is 2. The highest BCUT2D eigenvalue weighted by atomic mass is 19.1. The van der Waals surface area contributed by atoms with E-state index in [9.17, 15) is 15.0 Å². The van der Waals surface area contributed by atoms with Gasteiger partial charge in [-0.2, -0.15) is 0 Å². The number of carbonyl (C=O) groups excluding carboxylic acids is 1. The zero-order valence-electron chi connectivity index (χ0n) is 37.9. The Morgan fingerprint density at radius 3 is 2.20 bits per heavy atom. The van der Waals surface area contributed by atoms with Gasteiger partial charge in [-0.1, -0.05) is 58.0 Å². The van der Waals surface area contributed by atoms with E-state index in [0.717, 1.165) is 84.5 Å². The van der Waals surface area contributed by atoms with Crippen LogP contribution in [0.1, 0.15) is 119 Å². The predicted molar refractivity (Wildman–Crippen MR) is 246 cm³/mol. The minimum atomic E-state index is -0.949. The van der Waals surface area contributed by atoms with Gasteiger partial charge < -0.3 is 45.3 Å². The number of amides is 1. The molecular formula is C50H62FN9O5. The number of allylic oxidation sites excluding steroid dienone is 3. The summed E-state index contributed by atoms with van der Waals surface area (Å²) in [5.74, 6) is 2.14. The Morgan fingerprint density at radius 1 is 0.908 bits per heavy atom. The Bertz CT molecular complexity index is 2620. The second-order valence-electron chi connectivity index (χ2n) is 19.4. The number of benzene rings is 2. The fourth-order valence-electron chi connectivity index (χ4n) is 11.2. The Balaban J connectivity index is 0.972. The lowest BCUT2D eigenvalue weighted by atomic mass is 9.91. The zero-order chi connectivity index (χ0) is 45.3. The third-order valence-corrected chi connectivity index (χ3v) is 14.8. The summed E-state index contributed by atoms with van der Waals surface area (Å²) in [6.07, 6.45) is 9.40. The summed E-state index contributed by atoms with van der Waals surface area (Å²) in [5.41, 5.74) is 14.7. The molecule has 2 fully saturated rings. The first-order valence-corrected chi connectivity index (χ1v) is 23.5. The third kappa shape index (κ3) is 7.78. The van der Waals surface area contributed by atoms with E-state index in [-0.39, 0.29) is 41.7 Å². The number of rotatable bonds is 12. The van der Waals surface area contributed by atoms with E-state index < -0.39 is 30.8 Å². The second-order valence-corrected chi connectivity index (χ2v) is 19.4. The van der Waals surface area contributed by atoms with Gasteiger partial charge in [0.05, 0.1) is 60.2 Å². The molecule has 0 saturated carbocycles. The summed E-state index contributed by atoms with van der Waals surface area (Å²) in [6.45, 7) is 9.37. The van der Waals surface area contributed by atoms with Crippen molar-refractivity contribution in [2.24, 2.45) is 23.5 Å². The average molecular weight is 888 g/mol. The number of aromatic nitrogens is 5. The molecule has 5 aromatic rings. The fraction of sp³-hybridized carbons (Fsp3) is 0.500. The third-order valence-electron chi connectivity index (χ3n) is 14.8. The van der Waals surface area contributed by atoms with Gasteiger partial charge in [0.25, 0.3) is 0 Å². The number of H-pyrrole nitrogens is 2. The number of nitrogens with one attached hydrogen (secondary N) is 3. The molecule has 7 N–H and O–H groups in total. The van der Waals surface area contributed by atoms with Gasteiger partial charge in [-0.25, -0.2) is 19.2 Å². The van der Waals surface area contributed by atoms with Crippen LogP contribution >= 0.6 is 0 Å². The van der Waals surface area contributed by atoms with Crippen LogP contribution in [0.25, 0.3) is 33.3 Å². The van der Waals surface area contributed by atoms with Crippen LogP contribution in [0.4, 0.5) is 9.18 Å². The number of carbonyl (C=O) groups is 1. The lowest BCUT2D eigenvalue weighted by Crippen LogP contribution is -2.54. The molecule has 3 aliphatic heterocycles. The number of alkyl carbamates (subject to hydrolysis) is 1. The first-order valence-electron chi connectivity index (χ1n) is 23.5. The van der Waals surface area contributed by atoms with Gasteiger partial charge in [0, 0.05) is 41.6 Å². The normalized spacial score (nSPS) is 23.4. The molecule has 15 heteroatoms. The van der Waals surface area contributed by atoms with E-state index in [2.05, 4.69) is 55.1 Å². The first kappa shape index (κ1) is 43.6. The van der Waals surface area contributed by atoms with Crippen LogP contribution in [-0.2, 0) is 22.3 Å². The predicted octanol–water partition coefficient (Wildman–Crippen LogP) is 7.70. The van der Waals surface area contributed by atoms with E-state index in [4.69, 9.17) is 25.2 Å². The van der Waals surface area contributed by atoms with Crippen LogP contribution in [0, 0.1) is 23.6 Å². The Morgan fingerprint density at radius 2 is 1.55 bits per heavy atom. The maximum Gasteiger partial charge on any atom is 0.407 e. The van der Waals surface area contributed by atoms with Crippen LogP contribution < -0.4 is 11.1 Å². The molecule has 2 aromatic carbocycles. The van der Waals surface area contributed by atoms with Crippen molar-refractivity contribution in [3.63, 3.8) is 0 Å². The summed E-state index contributed by atoms with van der Waals surface area (Å²) >= 11 is 0. The summed E-state index contributed by atoms with van der Waals surface area (Å²) in [4.78, 5) is 33.0. The van der Waals surface area contributed by atoms with E-state index in [1.165, 1.54) is 18.2 Å². The number of likely N-dealkylation sites (tertiary alicyclic amines) is 2. The minimum Gasteiger partial charge on any atom is -0.469 e. The zero-order valence-corrected chi connectivity index (χ0v) is 37.9. The van der Waals surface area contributed by atoms with Gasteiger partial charge in [-0.3, -0.25) is 9.80 Å². The Hall–Kier alpha value is -5.32. The topological polar surface area (TPSA) is 183 Å². The van der Waals surface area contributed by atoms with Crippen molar-refractivity contribution in [1.82, 2.24) is 39.6 Å². The molecule has 7 atom stereocenters. The van der Waals surface area contributed by atoms with E-state index in [1.807, 2.05) is 57.0 Å². The SMILES string of the molecule is COC(=O)NC(C(C)C)C(O)N1CCCC1c1ncc(-c2ccc3c(c2)c(F)c2n3C(C3Cc4ccccc4C3)OC3=C2CCC(c2cnc(C4CCCN4C(O)C(N)C(C)C)[nH]2)=C3)[nH]1. The summed E-state index contributed by atoms with van der Waals surface area (Å²) in [7, 11) is 1.31. The number of halogens is 1. The van der Waals surface area contributed by atoms with Crippen molar-refractivity contribution in [2.75, 3.05) is 20.2 Å². The highest BCUT2D eigenvalue weighted by Crippen LogP contribution is 2.50.